The largest absolute Gasteiger partial charge is 0.506 e. The van der Waals surface area contributed by atoms with E-state index in [1.165, 1.54) is 12.1 Å². The zero-order valence-corrected chi connectivity index (χ0v) is 14.7. The molecule has 0 saturated carbocycles. The molecule has 2 aromatic carbocycles. The van der Waals surface area contributed by atoms with Crippen LogP contribution in [0.3, 0.4) is 0 Å². The molecule has 0 saturated heterocycles. The molecule has 0 bridgehead atoms. The van der Waals surface area contributed by atoms with Gasteiger partial charge in [0.15, 0.2) is 0 Å². The molecule has 148 valence electrons. The van der Waals surface area contributed by atoms with E-state index in [1.54, 1.807) is 0 Å². The molecule has 0 aliphatic carbocycles. The Balaban J connectivity index is 2.53. The number of alkyl halides is 3. The molecule has 0 atom stereocenters. The second kappa shape index (κ2) is 7.86. The van der Waals surface area contributed by atoms with Crippen molar-refractivity contribution in [3.63, 3.8) is 0 Å². The minimum absolute atomic E-state index is 0.0535. The van der Waals surface area contributed by atoms with E-state index in [-0.39, 0.29) is 27.7 Å². The summed E-state index contributed by atoms with van der Waals surface area (Å²) in [6.07, 6.45) is -4.17. The van der Waals surface area contributed by atoms with Crippen molar-refractivity contribution in [3.8, 4) is 5.75 Å². The van der Waals surface area contributed by atoms with Crippen molar-refractivity contribution in [2.45, 2.75) is 6.18 Å². The molecular formula is C14H7Cl2F3N4O5. The van der Waals surface area contributed by atoms with Gasteiger partial charge in [-0.1, -0.05) is 23.2 Å². The van der Waals surface area contributed by atoms with Gasteiger partial charge < -0.3 is 5.11 Å². The Morgan fingerprint density at radius 3 is 2.07 bits per heavy atom. The minimum Gasteiger partial charge on any atom is -0.506 e. The fraction of sp³-hybridized carbons (Fsp3) is 0.0714. The van der Waals surface area contributed by atoms with Gasteiger partial charge in [0.25, 0.3) is 0 Å². The lowest BCUT2D eigenvalue weighted by Gasteiger charge is -2.09. The maximum atomic E-state index is 12.9. The number of aromatic hydroxyl groups is 1. The van der Waals surface area contributed by atoms with Crippen LogP contribution in [0.1, 0.15) is 11.1 Å². The minimum atomic E-state index is -5.04. The Kier molecular flexibility index (Phi) is 5.95. The van der Waals surface area contributed by atoms with E-state index in [0.29, 0.717) is 0 Å². The molecule has 0 radical (unpaired) electrons. The molecule has 0 fully saturated rings. The third-order valence-electron chi connectivity index (χ3n) is 3.26. The first-order valence-corrected chi connectivity index (χ1v) is 7.68. The molecule has 14 heteroatoms. The quantitative estimate of drug-likeness (QED) is 0.384. The molecule has 2 aromatic rings. The number of hydrogen-bond donors (Lipinski definition) is 2. The first-order chi connectivity index (χ1) is 12.9. The summed E-state index contributed by atoms with van der Waals surface area (Å²) in [4.78, 5) is 19.7. The van der Waals surface area contributed by atoms with Crippen molar-refractivity contribution in [1.29, 1.82) is 0 Å². The number of hydrazone groups is 1. The van der Waals surface area contributed by atoms with Crippen LogP contribution in [-0.2, 0) is 6.18 Å². The highest BCUT2D eigenvalue weighted by Gasteiger charge is 2.37. The molecule has 2 N–H and O–H groups in total. The summed E-state index contributed by atoms with van der Waals surface area (Å²) in [6.45, 7) is 0. The zero-order chi connectivity index (χ0) is 21.2. The SMILES string of the molecule is O=[N+]([O-])c1cc(C(F)(F)F)cc([N+](=O)[O-])c1N/N=C/c1cc(Cl)cc(Cl)c1O. The van der Waals surface area contributed by atoms with Crippen LogP contribution in [0, 0.1) is 20.2 Å². The van der Waals surface area contributed by atoms with Crippen LogP contribution in [0.4, 0.5) is 30.2 Å². The van der Waals surface area contributed by atoms with Crippen molar-refractivity contribution in [2.75, 3.05) is 5.43 Å². The highest BCUT2D eigenvalue weighted by atomic mass is 35.5. The topological polar surface area (TPSA) is 131 Å². The average Bonchev–Trinajstić information content (AvgIpc) is 2.57. The Labute approximate surface area is 163 Å². The lowest BCUT2D eigenvalue weighted by Crippen LogP contribution is -2.09. The first-order valence-electron chi connectivity index (χ1n) is 6.93. The Morgan fingerprint density at radius 1 is 1.07 bits per heavy atom. The Bertz CT molecular complexity index is 963. The van der Waals surface area contributed by atoms with Gasteiger partial charge in [0, 0.05) is 22.7 Å². The van der Waals surface area contributed by atoms with Crippen molar-refractivity contribution >= 4 is 46.5 Å². The molecule has 28 heavy (non-hydrogen) atoms. The van der Waals surface area contributed by atoms with Crippen molar-refractivity contribution in [3.05, 3.63) is 65.7 Å². The molecular weight excluding hydrogens is 432 g/mol. The molecule has 0 aromatic heterocycles. The second-order valence-electron chi connectivity index (χ2n) is 5.10. The monoisotopic (exact) mass is 438 g/mol. The van der Waals surface area contributed by atoms with Gasteiger partial charge in [0.2, 0.25) is 5.69 Å². The number of phenolic OH excluding ortho intramolecular Hbond substituents is 1. The number of rotatable bonds is 5. The van der Waals surface area contributed by atoms with Crippen molar-refractivity contribution in [1.82, 2.24) is 0 Å². The van der Waals surface area contributed by atoms with E-state index in [0.717, 1.165) is 6.21 Å². The smallest absolute Gasteiger partial charge is 0.416 e. The number of nitrogens with one attached hydrogen (secondary N) is 1. The summed E-state index contributed by atoms with van der Waals surface area (Å²) in [5, 5.41) is 35.4. The number of phenols is 1. The third-order valence-corrected chi connectivity index (χ3v) is 3.76. The molecule has 2 rings (SSSR count). The predicted molar refractivity (Wildman–Crippen MR) is 94.1 cm³/mol. The summed E-state index contributed by atoms with van der Waals surface area (Å²) < 4.78 is 38.6. The second-order valence-corrected chi connectivity index (χ2v) is 5.94. The maximum Gasteiger partial charge on any atom is 0.416 e. The first kappa shape index (κ1) is 21.2. The number of benzene rings is 2. The summed E-state index contributed by atoms with van der Waals surface area (Å²) >= 11 is 11.5. The van der Waals surface area contributed by atoms with Gasteiger partial charge in [0.1, 0.15) is 5.75 Å². The highest BCUT2D eigenvalue weighted by Crippen LogP contribution is 2.41. The lowest BCUT2D eigenvalue weighted by atomic mass is 10.1. The Morgan fingerprint density at radius 2 is 1.61 bits per heavy atom. The van der Waals surface area contributed by atoms with Crippen LogP contribution in [0.2, 0.25) is 10.0 Å². The summed E-state index contributed by atoms with van der Waals surface area (Å²) in [5.41, 5.74) is -2.98. The van der Waals surface area contributed by atoms with E-state index in [1.807, 2.05) is 5.43 Å². The number of nitro groups is 2. The number of halogens is 5. The van der Waals surface area contributed by atoms with Gasteiger partial charge in [-0.3, -0.25) is 25.7 Å². The lowest BCUT2D eigenvalue weighted by molar-refractivity contribution is -0.392. The highest BCUT2D eigenvalue weighted by molar-refractivity contribution is 6.36. The average molecular weight is 439 g/mol. The molecule has 0 aliphatic rings. The number of nitro benzene ring substituents is 2. The van der Waals surface area contributed by atoms with E-state index in [4.69, 9.17) is 23.2 Å². The summed E-state index contributed by atoms with van der Waals surface area (Å²) in [5.74, 6) is -0.451. The molecule has 0 spiro atoms. The number of hydrogen-bond acceptors (Lipinski definition) is 7. The fourth-order valence-electron chi connectivity index (χ4n) is 2.03. The summed E-state index contributed by atoms with van der Waals surface area (Å²) in [7, 11) is 0. The molecule has 9 nitrogen and oxygen atoms in total. The fourth-order valence-corrected chi connectivity index (χ4v) is 2.54. The van der Waals surface area contributed by atoms with Crippen LogP contribution in [0.25, 0.3) is 0 Å². The van der Waals surface area contributed by atoms with Crippen LogP contribution < -0.4 is 5.43 Å². The standard InChI is InChI=1S/C14H7Cl2F3N4O5/c15-8-1-6(13(24)9(16)4-8)5-20-21-12-10(22(25)26)2-7(14(17,18)19)3-11(12)23(27)28/h1-5,21,24H/b20-5+. The van der Waals surface area contributed by atoms with Gasteiger partial charge in [0.05, 0.1) is 26.6 Å². The van der Waals surface area contributed by atoms with E-state index < -0.39 is 44.4 Å². The van der Waals surface area contributed by atoms with Gasteiger partial charge >= 0.3 is 17.6 Å². The molecule has 0 heterocycles. The van der Waals surface area contributed by atoms with Crippen LogP contribution in [0.5, 0.6) is 5.75 Å². The predicted octanol–water partition coefficient (Wildman–Crippen LogP) is 4.98. The molecule has 0 unspecified atom stereocenters. The van der Waals surface area contributed by atoms with Gasteiger partial charge in [-0.15, -0.1) is 0 Å². The van der Waals surface area contributed by atoms with Gasteiger partial charge in [-0.2, -0.15) is 18.3 Å². The normalized spacial score (nSPS) is 11.6. The third kappa shape index (κ3) is 4.58. The van der Waals surface area contributed by atoms with Crippen molar-refractivity contribution in [2.24, 2.45) is 5.10 Å². The number of anilines is 1. The number of nitrogens with zero attached hydrogens (tertiary/aromatic N) is 3. The van der Waals surface area contributed by atoms with E-state index in [2.05, 4.69) is 5.10 Å². The zero-order valence-electron chi connectivity index (χ0n) is 13.2. The van der Waals surface area contributed by atoms with Crippen LogP contribution >= 0.6 is 23.2 Å². The summed E-state index contributed by atoms with van der Waals surface area (Å²) in [6, 6.07) is 2.70. The van der Waals surface area contributed by atoms with Crippen LogP contribution in [-0.4, -0.2) is 21.2 Å². The van der Waals surface area contributed by atoms with E-state index >= 15 is 0 Å². The molecule has 0 amide bonds. The van der Waals surface area contributed by atoms with Crippen molar-refractivity contribution < 1.29 is 28.1 Å². The van der Waals surface area contributed by atoms with Gasteiger partial charge in [-0.25, -0.2) is 0 Å². The van der Waals surface area contributed by atoms with Crippen LogP contribution in [0.15, 0.2) is 29.4 Å². The Hall–Kier alpha value is -3.12. The van der Waals surface area contributed by atoms with Gasteiger partial charge in [-0.05, 0) is 12.1 Å². The molecule has 0 aliphatic heterocycles. The maximum absolute atomic E-state index is 12.9. The van der Waals surface area contributed by atoms with E-state index in [9.17, 15) is 38.5 Å².